The van der Waals surface area contributed by atoms with Gasteiger partial charge in [-0.05, 0) is 36.6 Å². The summed E-state index contributed by atoms with van der Waals surface area (Å²) in [6.07, 6.45) is 0.725. The summed E-state index contributed by atoms with van der Waals surface area (Å²) in [5.41, 5.74) is 1.79. The van der Waals surface area contributed by atoms with Crippen molar-refractivity contribution in [2.24, 2.45) is 0 Å². The van der Waals surface area contributed by atoms with E-state index in [2.05, 4.69) is 0 Å². The summed E-state index contributed by atoms with van der Waals surface area (Å²) >= 11 is 0. The fourth-order valence-electron chi connectivity index (χ4n) is 2.55. The number of amides is 1. The smallest absolute Gasteiger partial charge is 0.229 e. The van der Waals surface area contributed by atoms with E-state index in [-0.39, 0.29) is 24.9 Å². The zero-order valence-corrected chi connectivity index (χ0v) is 13.3. The predicted molar refractivity (Wildman–Crippen MR) is 88.6 cm³/mol. The number of carbonyl (C=O) groups is 1. The van der Waals surface area contributed by atoms with E-state index in [0.717, 1.165) is 12.0 Å². The molecule has 0 aliphatic carbocycles. The van der Waals surface area contributed by atoms with Crippen molar-refractivity contribution in [2.45, 2.75) is 19.3 Å². The van der Waals surface area contributed by atoms with Crippen LogP contribution in [0.5, 0.6) is 0 Å². The number of benzene rings is 2. The molecule has 4 heteroatoms. The fourth-order valence-corrected chi connectivity index (χ4v) is 2.55. The van der Waals surface area contributed by atoms with Crippen LogP contribution >= 0.6 is 0 Å². The van der Waals surface area contributed by atoms with E-state index in [1.165, 1.54) is 12.1 Å². The van der Waals surface area contributed by atoms with Crippen molar-refractivity contribution in [1.82, 2.24) is 4.90 Å². The summed E-state index contributed by atoms with van der Waals surface area (Å²) < 4.78 is 13.3. The van der Waals surface area contributed by atoms with Crippen LogP contribution in [0.1, 0.15) is 24.0 Å². The lowest BCUT2D eigenvalue weighted by atomic mass is 9.99. The Kier molecular flexibility index (Phi) is 6.29. The highest BCUT2D eigenvalue weighted by molar-refractivity contribution is 5.83. The molecule has 0 saturated carbocycles. The highest BCUT2D eigenvalue weighted by Gasteiger charge is 2.21. The minimum atomic E-state index is -0.437. The third-order valence-electron chi connectivity index (χ3n) is 3.91. The summed E-state index contributed by atoms with van der Waals surface area (Å²) in [4.78, 5) is 14.3. The van der Waals surface area contributed by atoms with Crippen molar-refractivity contribution in [1.29, 1.82) is 0 Å². The van der Waals surface area contributed by atoms with Gasteiger partial charge in [0.05, 0.1) is 12.5 Å². The van der Waals surface area contributed by atoms with Crippen LogP contribution in [-0.4, -0.2) is 35.6 Å². The van der Waals surface area contributed by atoms with Gasteiger partial charge in [-0.1, -0.05) is 42.5 Å². The number of hydrogen-bond donors (Lipinski definition) is 1. The Morgan fingerprint density at radius 3 is 2.52 bits per heavy atom. The molecule has 0 spiro atoms. The van der Waals surface area contributed by atoms with Gasteiger partial charge in [0.2, 0.25) is 5.91 Å². The lowest BCUT2D eigenvalue weighted by Gasteiger charge is -2.25. The van der Waals surface area contributed by atoms with Crippen LogP contribution in [0, 0.1) is 5.82 Å². The Hall–Kier alpha value is -2.20. The zero-order chi connectivity index (χ0) is 16.7. The van der Waals surface area contributed by atoms with E-state index in [1.54, 1.807) is 24.0 Å². The van der Waals surface area contributed by atoms with Crippen molar-refractivity contribution in [2.75, 3.05) is 19.7 Å². The minimum absolute atomic E-state index is 0.0869. The molecule has 2 rings (SSSR count). The first-order valence-corrected chi connectivity index (χ1v) is 7.81. The highest BCUT2D eigenvalue weighted by atomic mass is 19.1. The van der Waals surface area contributed by atoms with Crippen molar-refractivity contribution >= 4 is 5.91 Å². The summed E-state index contributed by atoms with van der Waals surface area (Å²) in [6.45, 7) is 2.49. The number of hydrogen-bond acceptors (Lipinski definition) is 2. The van der Waals surface area contributed by atoms with Gasteiger partial charge in [-0.2, -0.15) is 0 Å². The third-order valence-corrected chi connectivity index (χ3v) is 3.91. The molecule has 2 aromatic carbocycles. The van der Waals surface area contributed by atoms with Gasteiger partial charge in [-0.15, -0.1) is 0 Å². The molecule has 0 saturated heterocycles. The highest BCUT2D eigenvalue weighted by Crippen LogP contribution is 2.19. The molecule has 1 N–H and O–H groups in total. The van der Waals surface area contributed by atoms with E-state index in [4.69, 9.17) is 0 Å². The van der Waals surface area contributed by atoms with E-state index in [1.807, 2.05) is 30.3 Å². The van der Waals surface area contributed by atoms with Gasteiger partial charge in [0.25, 0.3) is 0 Å². The van der Waals surface area contributed by atoms with Crippen molar-refractivity contribution in [3.8, 4) is 0 Å². The first kappa shape index (κ1) is 17.2. The lowest BCUT2D eigenvalue weighted by molar-refractivity contribution is -0.132. The molecule has 2 aromatic rings. The average molecular weight is 315 g/mol. The largest absolute Gasteiger partial charge is 0.395 e. The SMILES string of the molecule is CC(C(=O)N(CCO)CCc1ccccc1)c1cccc(F)c1. The van der Waals surface area contributed by atoms with Crippen LogP contribution in [0.15, 0.2) is 54.6 Å². The molecular formula is C19H22FNO2. The molecule has 0 bridgehead atoms. The van der Waals surface area contributed by atoms with E-state index >= 15 is 0 Å². The van der Waals surface area contributed by atoms with Crippen LogP contribution in [0.4, 0.5) is 4.39 Å². The Morgan fingerprint density at radius 1 is 1.13 bits per heavy atom. The summed E-state index contributed by atoms with van der Waals surface area (Å²) in [6, 6.07) is 16.0. The Bertz CT molecular complexity index is 630. The number of aliphatic hydroxyl groups excluding tert-OH is 1. The van der Waals surface area contributed by atoms with E-state index in [0.29, 0.717) is 12.1 Å². The number of aliphatic hydroxyl groups is 1. The molecule has 23 heavy (non-hydrogen) atoms. The fraction of sp³-hybridized carbons (Fsp3) is 0.316. The maximum Gasteiger partial charge on any atom is 0.229 e. The van der Waals surface area contributed by atoms with E-state index in [9.17, 15) is 14.3 Å². The quantitative estimate of drug-likeness (QED) is 0.853. The predicted octanol–water partition coefficient (Wildman–Crippen LogP) is 2.99. The summed E-state index contributed by atoms with van der Waals surface area (Å²) in [5, 5.41) is 9.23. The molecular weight excluding hydrogens is 293 g/mol. The lowest BCUT2D eigenvalue weighted by Crippen LogP contribution is -2.38. The van der Waals surface area contributed by atoms with Gasteiger partial charge in [0.1, 0.15) is 5.82 Å². The molecule has 0 fully saturated rings. The monoisotopic (exact) mass is 315 g/mol. The van der Waals surface area contributed by atoms with Crippen molar-refractivity contribution < 1.29 is 14.3 Å². The Balaban J connectivity index is 2.05. The van der Waals surface area contributed by atoms with Crippen LogP contribution in [-0.2, 0) is 11.2 Å². The standard InChI is InChI=1S/C19H22FNO2/c1-15(17-8-5-9-18(20)14-17)19(23)21(12-13-22)11-10-16-6-3-2-4-7-16/h2-9,14-15,22H,10-13H2,1H3. The Morgan fingerprint density at radius 2 is 1.87 bits per heavy atom. The molecule has 0 aromatic heterocycles. The normalized spacial score (nSPS) is 12.0. The van der Waals surface area contributed by atoms with Crippen molar-refractivity contribution in [3.63, 3.8) is 0 Å². The van der Waals surface area contributed by atoms with Crippen LogP contribution in [0.2, 0.25) is 0 Å². The summed E-state index contributed by atoms with van der Waals surface area (Å²) in [5.74, 6) is -0.881. The second kappa shape index (κ2) is 8.44. The van der Waals surface area contributed by atoms with Gasteiger partial charge in [-0.25, -0.2) is 4.39 Å². The molecule has 1 amide bonds. The number of halogens is 1. The van der Waals surface area contributed by atoms with E-state index < -0.39 is 5.92 Å². The van der Waals surface area contributed by atoms with Gasteiger partial charge >= 0.3 is 0 Å². The second-order valence-electron chi connectivity index (χ2n) is 5.56. The number of rotatable bonds is 7. The first-order chi connectivity index (χ1) is 11.1. The Labute approximate surface area is 136 Å². The molecule has 3 nitrogen and oxygen atoms in total. The molecule has 0 aliphatic rings. The van der Waals surface area contributed by atoms with Crippen LogP contribution in [0.3, 0.4) is 0 Å². The van der Waals surface area contributed by atoms with Gasteiger partial charge in [0, 0.05) is 13.1 Å². The zero-order valence-electron chi connectivity index (χ0n) is 13.3. The van der Waals surface area contributed by atoms with Crippen LogP contribution in [0.25, 0.3) is 0 Å². The molecule has 122 valence electrons. The molecule has 0 aliphatic heterocycles. The first-order valence-electron chi connectivity index (χ1n) is 7.81. The van der Waals surface area contributed by atoms with Gasteiger partial charge < -0.3 is 10.0 Å². The topological polar surface area (TPSA) is 40.5 Å². The maximum absolute atomic E-state index is 13.3. The third kappa shape index (κ3) is 4.89. The molecule has 0 heterocycles. The van der Waals surface area contributed by atoms with Crippen LogP contribution < -0.4 is 0 Å². The summed E-state index contributed by atoms with van der Waals surface area (Å²) in [7, 11) is 0. The van der Waals surface area contributed by atoms with Crippen molar-refractivity contribution in [3.05, 3.63) is 71.5 Å². The molecule has 1 unspecified atom stereocenters. The van der Waals surface area contributed by atoms with Gasteiger partial charge in [0.15, 0.2) is 0 Å². The molecule has 1 atom stereocenters. The average Bonchev–Trinajstić information content (AvgIpc) is 2.58. The maximum atomic E-state index is 13.3. The number of carbonyl (C=O) groups excluding carboxylic acids is 1. The minimum Gasteiger partial charge on any atom is -0.395 e. The second-order valence-corrected chi connectivity index (χ2v) is 5.56. The molecule has 0 radical (unpaired) electrons. The number of nitrogens with zero attached hydrogens (tertiary/aromatic N) is 1. The van der Waals surface area contributed by atoms with Gasteiger partial charge in [-0.3, -0.25) is 4.79 Å².